The lowest BCUT2D eigenvalue weighted by atomic mass is 10.2. The third kappa shape index (κ3) is 1.77. The van der Waals surface area contributed by atoms with Gasteiger partial charge in [0, 0.05) is 16.1 Å². The van der Waals surface area contributed by atoms with Gasteiger partial charge >= 0.3 is 0 Å². The van der Waals surface area contributed by atoms with Crippen molar-refractivity contribution in [3.8, 4) is 0 Å². The summed E-state index contributed by atoms with van der Waals surface area (Å²) in [5.41, 5.74) is -0.134. The molecule has 0 amide bonds. The van der Waals surface area contributed by atoms with Crippen LogP contribution in [-0.2, 0) is 0 Å². The van der Waals surface area contributed by atoms with E-state index in [9.17, 15) is 13.2 Å². The van der Waals surface area contributed by atoms with Crippen molar-refractivity contribution in [1.29, 1.82) is 0 Å². The molecule has 1 aromatic rings. The molecule has 0 atom stereocenters. The normalized spacial score (nSPS) is 10.8. The maximum atomic E-state index is 12.5. The van der Waals surface area contributed by atoms with Crippen LogP contribution in [-0.4, -0.2) is 4.98 Å². The van der Waals surface area contributed by atoms with Crippen molar-refractivity contribution < 1.29 is 13.2 Å². The Labute approximate surface area is 75.7 Å². The summed E-state index contributed by atoms with van der Waals surface area (Å²) >= 11 is 2.91. The summed E-state index contributed by atoms with van der Waals surface area (Å²) in [4.78, 5) is 3.37. The van der Waals surface area contributed by atoms with Crippen molar-refractivity contribution in [3.63, 3.8) is 0 Å². The van der Waals surface area contributed by atoms with Crippen molar-refractivity contribution in [3.05, 3.63) is 27.7 Å². The van der Waals surface area contributed by atoms with E-state index in [4.69, 9.17) is 0 Å². The van der Waals surface area contributed by atoms with Crippen LogP contribution in [0.15, 0.2) is 10.5 Å². The molecular formula is C7H5BrF3N. The molecule has 0 spiro atoms. The minimum absolute atomic E-state index is 0.166. The van der Waals surface area contributed by atoms with Gasteiger partial charge in [0.05, 0.1) is 5.69 Å². The van der Waals surface area contributed by atoms with Crippen LogP contribution in [0.25, 0.3) is 0 Å². The Morgan fingerprint density at radius 2 is 2.08 bits per heavy atom. The molecule has 0 aromatic carbocycles. The fraction of sp³-hybridized carbons (Fsp3) is 0.286. The van der Waals surface area contributed by atoms with Gasteiger partial charge in [-0.1, -0.05) is 0 Å². The number of aromatic nitrogens is 1. The molecule has 12 heavy (non-hydrogen) atoms. The van der Waals surface area contributed by atoms with E-state index in [2.05, 4.69) is 20.9 Å². The lowest BCUT2D eigenvalue weighted by molar-refractivity contribution is 0.149. The second-order valence-electron chi connectivity index (χ2n) is 2.23. The van der Waals surface area contributed by atoms with E-state index < -0.39 is 12.4 Å². The first kappa shape index (κ1) is 9.51. The molecule has 0 unspecified atom stereocenters. The van der Waals surface area contributed by atoms with Crippen LogP contribution < -0.4 is 0 Å². The van der Waals surface area contributed by atoms with Gasteiger partial charge in [0.1, 0.15) is 0 Å². The number of alkyl halides is 2. The third-order valence-corrected chi connectivity index (χ3v) is 2.39. The first-order chi connectivity index (χ1) is 5.52. The van der Waals surface area contributed by atoms with Crippen LogP contribution in [0.5, 0.6) is 0 Å². The zero-order chi connectivity index (χ0) is 9.30. The molecule has 0 fully saturated rings. The molecule has 0 aliphatic heterocycles. The molecule has 1 nitrogen and oxygen atoms in total. The van der Waals surface area contributed by atoms with Crippen LogP contribution in [0.2, 0.25) is 0 Å². The monoisotopic (exact) mass is 239 g/mol. The lowest BCUT2D eigenvalue weighted by Crippen LogP contribution is -1.95. The van der Waals surface area contributed by atoms with Crippen LogP contribution in [0.4, 0.5) is 13.2 Å². The molecule has 0 aliphatic rings. The van der Waals surface area contributed by atoms with Crippen LogP contribution in [0.1, 0.15) is 17.7 Å². The van der Waals surface area contributed by atoms with Crippen LogP contribution in [0, 0.1) is 12.9 Å². The first-order valence-electron chi connectivity index (χ1n) is 3.13. The summed E-state index contributed by atoms with van der Waals surface area (Å²) in [7, 11) is 0. The Kier molecular flexibility index (Phi) is 2.72. The zero-order valence-electron chi connectivity index (χ0n) is 6.11. The van der Waals surface area contributed by atoms with Crippen molar-refractivity contribution in [1.82, 2.24) is 4.98 Å². The number of nitrogens with zero attached hydrogens (tertiary/aromatic N) is 1. The smallest absolute Gasteiger partial charge is 0.224 e. The predicted octanol–water partition coefficient (Wildman–Crippen LogP) is 3.23. The molecule has 1 rings (SSSR count). The number of aryl methyl sites for hydroxylation is 1. The minimum Gasteiger partial charge on any atom is -0.224 e. The standard InChI is InChI=1S/C7H5BrF3N/c1-3-6(8)4(7(10)11)2-5(9)12-3/h2,7H,1H3. The van der Waals surface area contributed by atoms with E-state index in [-0.39, 0.29) is 15.7 Å². The SMILES string of the molecule is Cc1nc(F)cc(C(F)F)c1Br. The molecule has 66 valence electrons. The molecule has 0 saturated heterocycles. The average Bonchev–Trinajstić information content (AvgIpc) is 1.96. The van der Waals surface area contributed by atoms with Crippen LogP contribution >= 0.6 is 15.9 Å². The molecule has 0 bridgehead atoms. The summed E-state index contributed by atoms with van der Waals surface area (Å²) in [6.07, 6.45) is -2.68. The highest BCUT2D eigenvalue weighted by Gasteiger charge is 2.15. The Hall–Kier alpha value is -0.580. The molecule has 5 heteroatoms. The molecule has 1 heterocycles. The van der Waals surface area contributed by atoms with Crippen LogP contribution in [0.3, 0.4) is 0 Å². The topological polar surface area (TPSA) is 12.9 Å². The molecule has 0 N–H and O–H groups in total. The Bertz CT molecular complexity index is 301. The highest BCUT2D eigenvalue weighted by atomic mass is 79.9. The van der Waals surface area contributed by atoms with Gasteiger partial charge in [-0.05, 0) is 22.9 Å². The third-order valence-electron chi connectivity index (χ3n) is 1.36. The van der Waals surface area contributed by atoms with Gasteiger partial charge in [0.15, 0.2) is 0 Å². The van der Waals surface area contributed by atoms with Crippen molar-refractivity contribution in [2.75, 3.05) is 0 Å². The molecular weight excluding hydrogens is 235 g/mol. The van der Waals surface area contributed by atoms with E-state index in [1.165, 1.54) is 6.92 Å². The minimum atomic E-state index is -2.68. The highest BCUT2D eigenvalue weighted by molar-refractivity contribution is 9.10. The number of pyridine rings is 1. The highest BCUT2D eigenvalue weighted by Crippen LogP contribution is 2.29. The maximum Gasteiger partial charge on any atom is 0.265 e. The zero-order valence-corrected chi connectivity index (χ0v) is 7.70. The summed E-state index contributed by atoms with van der Waals surface area (Å²) < 4.78 is 37.0. The van der Waals surface area contributed by atoms with Crippen molar-refractivity contribution in [2.24, 2.45) is 0 Å². The quantitative estimate of drug-likeness (QED) is 0.686. The van der Waals surface area contributed by atoms with Gasteiger partial charge in [-0.2, -0.15) is 4.39 Å². The molecule has 0 aliphatic carbocycles. The summed E-state index contributed by atoms with van der Waals surface area (Å²) in [5.74, 6) is -0.883. The second-order valence-corrected chi connectivity index (χ2v) is 3.03. The lowest BCUT2D eigenvalue weighted by Gasteiger charge is -2.04. The molecule has 1 aromatic heterocycles. The summed E-state index contributed by atoms with van der Waals surface area (Å²) in [6, 6.07) is 0.724. The molecule has 0 radical (unpaired) electrons. The Balaban J connectivity index is 3.28. The fourth-order valence-corrected chi connectivity index (χ4v) is 1.18. The predicted molar refractivity (Wildman–Crippen MR) is 41.6 cm³/mol. The number of hydrogen-bond donors (Lipinski definition) is 0. The van der Waals surface area contributed by atoms with Gasteiger partial charge in [-0.3, -0.25) is 0 Å². The van der Waals surface area contributed by atoms with E-state index in [0.29, 0.717) is 0 Å². The first-order valence-corrected chi connectivity index (χ1v) is 3.92. The maximum absolute atomic E-state index is 12.5. The van der Waals surface area contributed by atoms with Gasteiger partial charge < -0.3 is 0 Å². The summed E-state index contributed by atoms with van der Waals surface area (Å²) in [6.45, 7) is 1.46. The van der Waals surface area contributed by atoms with E-state index >= 15 is 0 Å². The van der Waals surface area contributed by atoms with E-state index in [1.807, 2.05) is 0 Å². The number of rotatable bonds is 1. The number of hydrogen-bond acceptors (Lipinski definition) is 1. The largest absolute Gasteiger partial charge is 0.265 e. The Morgan fingerprint density at radius 1 is 1.50 bits per heavy atom. The van der Waals surface area contributed by atoms with Gasteiger partial charge in [0.2, 0.25) is 5.95 Å². The second kappa shape index (κ2) is 3.43. The van der Waals surface area contributed by atoms with Crippen molar-refractivity contribution >= 4 is 15.9 Å². The van der Waals surface area contributed by atoms with E-state index in [1.54, 1.807) is 0 Å². The average molecular weight is 240 g/mol. The molecule has 0 saturated carbocycles. The number of halogens is 4. The van der Waals surface area contributed by atoms with Gasteiger partial charge in [-0.15, -0.1) is 0 Å². The van der Waals surface area contributed by atoms with Gasteiger partial charge in [0.25, 0.3) is 6.43 Å². The Morgan fingerprint density at radius 3 is 2.58 bits per heavy atom. The van der Waals surface area contributed by atoms with E-state index in [0.717, 1.165) is 6.07 Å². The fourth-order valence-electron chi connectivity index (χ4n) is 0.801. The van der Waals surface area contributed by atoms with Crippen molar-refractivity contribution in [2.45, 2.75) is 13.3 Å². The van der Waals surface area contributed by atoms with Gasteiger partial charge in [-0.25, -0.2) is 13.8 Å². The summed E-state index contributed by atoms with van der Waals surface area (Å²) in [5, 5.41) is 0.